The summed E-state index contributed by atoms with van der Waals surface area (Å²) in [6.45, 7) is 9.41. The van der Waals surface area contributed by atoms with Crippen LogP contribution < -0.4 is 0 Å². The minimum absolute atomic E-state index is 0.0678. The van der Waals surface area contributed by atoms with E-state index < -0.39 is 5.97 Å². The Hall–Kier alpha value is -1.54. The monoisotopic (exact) mass is 386 g/mol. The van der Waals surface area contributed by atoms with Gasteiger partial charge in [-0.25, -0.2) is 4.79 Å². The van der Waals surface area contributed by atoms with Crippen molar-refractivity contribution in [3.8, 4) is 0 Å². The van der Waals surface area contributed by atoms with Crippen LogP contribution in [-0.2, 0) is 28.5 Å². The largest absolute Gasteiger partial charge is 0.462 e. The van der Waals surface area contributed by atoms with Crippen LogP contribution in [0.15, 0.2) is 25.3 Å². The Balaban J connectivity index is 3.88. The van der Waals surface area contributed by atoms with Crippen molar-refractivity contribution in [3.05, 3.63) is 25.3 Å². The number of carbonyl (C=O) groups is 2. The highest BCUT2D eigenvalue weighted by molar-refractivity contribution is 5.88. The molecule has 0 rings (SSSR count). The van der Waals surface area contributed by atoms with Crippen LogP contribution in [-0.4, -0.2) is 69.2 Å². The van der Waals surface area contributed by atoms with Crippen LogP contribution in [0, 0.1) is 0 Å². The fourth-order valence-electron chi connectivity index (χ4n) is 2.06. The molecule has 0 radical (unpaired) electrons. The fraction of sp³-hybridized carbons (Fsp3) is 0.700. The minimum Gasteiger partial charge on any atom is -0.462 e. The normalized spacial score (nSPS) is 11.7. The van der Waals surface area contributed by atoms with Gasteiger partial charge in [-0.05, 0) is 25.3 Å². The van der Waals surface area contributed by atoms with Gasteiger partial charge in [0, 0.05) is 45.3 Å². The molecule has 0 heterocycles. The van der Waals surface area contributed by atoms with Gasteiger partial charge in [0.2, 0.25) is 0 Å². The van der Waals surface area contributed by atoms with E-state index in [1.165, 1.54) is 6.08 Å². The molecular formula is C20H34O7. The van der Waals surface area contributed by atoms with Gasteiger partial charge in [0.05, 0.1) is 19.8 Å². The zero-order valence-electron chi connectivity index (χ0n) is 16.2. The molecule has 0 aliphatic carbocycles. The molecule has 7 heteroatoms. The van der Waals surface area contributed by atoms with E-state index in [0.717, 1.165) is 25.3 Å². The van der Waals surface area contributed by atoms with Crippen molar-refractivity contribution in [2.24, 2.45) is 0 Å². The molecule has 7 nitrogen and oxygen atoms in total. The minimum atomic E-state index is -0.441. The van der Waals surface area contributed by atoms with Gasteiger partial charge in [0.25, 0.3) is 0 Å². The van der Waals surface area contributed by atoms with Crippen molar-refractivity contribution >= 4 is 11.8 Å². The van der Waals surface area contributed by atoms with Crippen LogP contribution in [0.5, 0.6) is 0 Å². The Morgan fingerprint density at radius 1 is 0.852 bits per heavy atom. The number of ketones is 1. The lowest BCUT2D eigenvalue weighted by molar-refractivity contribution is -0.138. The molecular weight excluding hydrogens is 352 g/mol. The molecule has 1 atom stereocenters. The average molecular weight is 386 g/mol. The lowest BCUT2D eigenvalue weighted by Crippen LogP contribution is -2.27. The highest BCUT2D eigenvalue weighted by atomic mass is 16.6. The highest BCUT2D eigenvalue weighted by Gasteiger charge is 2.10. The second-order valence-electron chi connectivity index (χ2n) is 5.93. The summed E-state index contributed by atoms with van der Waals surface area (Å²) < 4.78 is 21.7. The first-order valence-electron chi connectivity index (χ1n) is 9.46. The fourth-order valence-corrected chi connectivity index (χ4v) is 2.06. The molecule has 1 unspecified atom stereocenters. The van der Waals surface area contributed by atoms with Crippen molar-refractivity contribution in [2.75, 3.05) is 46.2 Å². The number of hydrogen-bond donors (Lipinski definition) is 1. The molecule has 0 aliphatic heterocycles. The van der Waals surface area contributed by atoms with Crippen LogP contribution in [0.1, 0.15) is 38.5 Å². The molecule has 0 fully saturated rings. The van der Waals surface area contributed by atoms with Crippen LogP contribution >= 0.6 is 0 Å². The van der Waals surface area contributed by atoms with Gasteiger partial charge in [-0.1, -0.05) is 19.6 Å². The van der Waals surface area contributed by atoms with Gasteiger partial charge in [0.15, 0.2) is 5.78 Å². The van der Waals surface area contributed by atoms with E-state index in [2.05, 4.69) is 13.2 Å². The third-order valence-electron chi connectivity index (χ3n) is 3.55. The maximum Gasteiger partial charge on any atom is 0.330 e. The lowest BCUT2D eigenvalue weighted by atomic mass is 10.1. The Kier molecular flexibility index (Phi) is 18.1. The zero-order chi connectivity index (χ0) is 20.2. The highest BCUT2D eigenvalue weighted by Crippen LogP contribution is 2.04. The summed E-state index contributed by atoms with van der Waals surface area (Å²) in [6.07, 6.45) is 6.57. The number of hydrogen-bond acceptors (Lipinski definition) is 7. The van der Waals surface area contributed by atoms with Crippen molar-refractivity contribution in [3.63, 3.8) is 0 Å². The summed E-state index contributed by atoms with van der Waals surface area (Å²) in [5, 5.41) is 8.78. The quantitative estimate of drug-likeness (QED) is 0.195. The molecule has 0 bridgehead atoms. The standard InChI is InChI=1S/C20H34O7/c1-3-18(22)10-6-5-7-14-26-19(16-24-12-8-11-21)17-25-13-9-15-27-20(23)4-2/h3-4,19,21H,1-2,5-17H2. The number of esters is 1. The topological polar surface area (TPSA) is 91.3 Å². The summed E-state index contributed by atoms with van der Waals surface area (Å²) in [5.74, 6) is -0.374. The molecule has 156 valence electrons. The predicted octanol–water partition coefficient (Wildman–Crippen LogP) is 2.22. The Morgan fingerprint density at radius 2 is 1.56 bits per heavy atom. The van der Waals surface area contributed by atoms with Gasteiger partial charge < -0.3 is 24.1 Å². The molecule has 1 N–H and O–H groups in total. The molecule has 0 spiro atoms. The average Bonchev–Trinajstić information content (AvgIpc) is 2.68. The van der Waals surface area contributed by atoms with E-state index in [4.69, 9.17) is 24.1 Å². The number of unbranched alkanes of at least 4 members (excludes halogenated alkanes) is 2. The molecule has 0 aromatic heterocycles. The Labute approximate surface area is 162 Å². The number of ether oxygens (including phenoxy) is 4. The summed E-state index contributed by atoms with van der Waals surface area (Å²) >= 11 is 0. The number of carbonyl (C=O) groups excluding carboxylic acids is 2. The maximum atomic E-state index is 11.1. The molecule has 27 heavy (non-hydrogen) atoms. The van der Waals surface area contributed by atoms with Crippen molar-refractivity contribution in [2.45, 2.75) is 44.6 Å². The van der Waals surface area contributed by atoms with Gasteiger partial charge in [0.1, 0.15) is 6.10 Å². The molecule has 0 saturated carbocycles. The van der Waals surface area contributed by atoms with E-state index in [9.17, 15) is 9.59 Å². The van der Waals surface area contributed by atoms with Gasteiger partial charge in [-0.3, -0.25) is 4.79 Å². The zero-order valence-corrected chi connectivity index (χ0v) is 16.2. The van der Waals surface area contributed by atoms with E-state index in [-0.39, 0.29) is 25.1 Å². The lowest BCUT2D eigenvalue weighted by Gasteiger charge is -2.18. The molecule has 0 aliphatic rings. The molecule has 0 amide bonds. The van der Waals surface area contributed by atoms with Gasteiger partial charge >= 0.3 is 5.97 Å². The second-order valence-corrected chi connectivity index (χ2v) is 5.93. The third kappa shape index (κ3) is 17.6. The number of allylic oxidation sites excluding steroid dienone is 1. The van der Waals surface area contributed by atoms with Crippen LogP contribution in [0.4, 0.5) is 0 Å². The SMILES string of the molecule is C=CC(=O)CCCCCOC(COCCCO)COCCCOC(=O)C=C. The van der Waals surface area contributed by atoms with Gasteiger partial charge in [-0.15, -0.1) is 0 Å². The van der Waals surface area contributed by atoms with E-state index in [1.807, 2.05) is 0 Å². The molecule has 0 aromatic rings. The number of aliphatic hydroxyl groups is 1. The van der Waals surface area contributed by atoms with Crippen molar-refractivity contribution < 1.29 is 33.6 Å². The smallest absolute Gasteiger partial charge is 0.330 e. The first-order valence-corrected chi connectivity index (χ1v) is 9.46. The van der Waals surface area contributed by atoms with Crippen molar-refractivity contribution in [1.29, 1.82) is 0 Å². The number of rotatable bonds is 20. The molecule has 0 saturated heterocycles. The third-order valence-corrected chi connectivity index (χ3v) is 3.55. The molecule has 0 aromatic carbocycles. The summed E-state index contributed by atoms with van der Waals surface area (Å²) in [5.41, 5.74) is 0. The number of aliphatic hydroxyl groups excluding tert-OH is 1. The first-order chi connectivity index (χ1) is 13.1. The van der Waals surface area contributed by atoms with E-state index in [0.29, 0.717) is 52.3 Å². The Bertz CT molecular complexity index is 377. The van der Waals surface area contributed by atoms with E-state index >= 15 is 0 Å². The van der Waals surface area contributed by atoms with Crippen molar-refractivity contribution in [1.82, 2.24) is 0 Å². The van der Waals surface area contributed by atoms with Crippen LogP contribution in [0.3, 0.4) is 0 Å². The van der Waals surface area contributed by atoms with Crippen LogP contribution in [0.25, 0.3) is 0 Å². The van der Waals surface area contributed by atoms with Gasteiger partial charge in [-0.2, -0.15) is 0 Å². The first kappa shape index (κ1) is 25.5. The summed E-state index contributed by atoms with van der Waals surface area (Å²) in [7, 11) is 0. The second kappa shape index (κ2) is 19.2. The predicted molar refractivity (Wildman–Crippen MR) is 103 cm³/mol. The van der Waals surface area contributed by atoms with Crippen LogP contribution in [0.2, 0.25) is 0 Å². The Morgan fingerprint density at radius 3 is 2.19 bits per heavy atom. The maximum absolute atomic E-state index is 11.1. The summed E-state index contributed by atoms with van der Waals surface area (Å²) in [4.78, 5) is 22.1. The summed E-state index contributed by atoms with van der Waals surface area (Å²) in [6, 6.07) is 0. The van der Waals surface area contributed by atoms with E-state index in [1.54, 1.807) is 0 Å².